The van der Waals surface area contributed by atoms with E-state index in [0.717, 1.165) is 0 Å². The second-order valence-electron chi connectivity index (χ2n) is 0.625. The van der Waals surface area contributed by atoms with Crippen LogP contribution in [0, 0.1) is 0 Å². The lowest BCUT2D eigenvalue weighted by molar-refractivity contribution is 0.518. The van der Waals surface area contributed by atoms with Crippen LogP contribution in [0.1, 0.15) is 0 Å². The van der Waals surface area contributed by atoms with Crippen molar-refractivity contribution in [1.82, 2.24) is 0 Å². The zero-order valence-electron chi connectivity index (χ0n) is 3.67. The fourth-order valence-corrected chi connectivity index (χ4v) is 0. The molecule has 0 aliphatic rings. The van der Waals surface area contributed by atoms with Crippen molar-refractivity contribution in [2.75, 3.05) is 0 Å². The van der Waals surface area contributed by atoms with Gasteiger partial charge in [0.15, 0.2) is 0 Å². The summed E-state index contributed by atoms with van der Waals surface area (Å²) in [6.45, 7) is 0. The van der Waals surface area contributed by atoms with Crippen LogP contribution in [0.15, 0.2) is 0 Å². The summed E-state index contributed by atoms with van der Waals surface area (Å²) in [4.78, 5) is 7.33. The van der Waals surface area contributed by atoms with E-state index in [2.05, 4.69) is 45.0 Å². The summed E-state index contributed by atoms with van der Waals surface area (Å²) in [5.74, 6) is 0. The Labute approximate surface area is 71.6 Å². The minimum Gasteiger partial charge on any atom is -0.271 e. The van der Waals surface area contributed by atoms with Crippen LogP contribution >= 0.6 is 57.5 Å². The van der Waals surface area contributed by atoms with Crippen LogP contribution in [0.5, 0.6) is 0 Å². The van der Waals surface area contributed by atoms with Gasteiger partial charge in [0.05, 0.1) is 0 Å². The minimum atomic E-state index is -3.22. The Morgan fingerprint density at radius 2 is 1.33 bits per heavy atom. The van der Waals surface area contributed by atoms with Gasteiger partial charge in [0.25, 0.3) is 0 Å². The molecule has 1 N–H and O–H groups in total. The summed E-state index contributed by atoms with van der Waals surface area (Å²) in [5, 5.41) is -3.22. The average Bonchev–Trinajstić information content (AvgIpc) is 1.19. The highest BCUT2D eigenvalue weighted by atomic mass is 36.0. The van der Waals surface area contributed by atoms with Crippen molar-refractivity contribution >= 4 is 57.5 Å². The fourth-order valence-electron chi connectivity index (χ4n) is 0. The van der Waals surface area contributed by atoms with Gasteiger partial charge in [-0.3, -0.25) is 4.57 Å². The second-order valence-corrected chi connectivity index (χ2v) is 8.58. The molecule has 0 bridgehead atoms. The van der Waals surface area contributed by atoms with E-state index in [1.807, 2.05) is 0 Å². The van der Waals surface area contributed by atoms with Crippen LogP contribution in [-0.4, -0.2) is 4.89 Å². The molecule has 0 fully saturated rings. The highest BCUT2D eigenvalue weighted by Gasteiger charge is 2.02. The van der Waals surface area contributed by atoms with Crippen molar-refractivity contribution in [1.29, 1.82) is 0 Å². The van der Waals surface area contributed by atoms with Crippen LogP contribution in [0.25, 0.3) is 0 Å². The molecule has 1 unspecified atom stereocenters. The Balaban J connectivity index is 0. The molecule has 0 saturated heterocycles. The lowest BCUT2D eigenvalue weighted by atomic mass is 15.9. The third-order valence-electron chi connectivity index (χ3n) is 0. The Kier molecular flexibility index (Phi) is 8.97. The van der Waals surface area contributed by atoms with E-state index in [1.54, 1.807) is 0 Å². The first-order chi connectivity index (χ1) is 3.73. The monoisotopic (exact) mass is 251 g/mol. The number of hydrogen-bond acceptors (Lipinski definition) is 2. The molecule has 56 valence electrons. The molecular formula is HCl4O3P2+. The van der Waals surface area contributed by atoms with E-state index in [9.17, 15) is 4.57 Å². The summed E-state index contributed by atoms with van der Waals surface area (Å²) >= 11 is 18.2. The highest BCUT2D eigenvalue weighted by molar-refractivity contribution is 8.24. The van der Waals surface area contributed by atoms with Gasteiger partial charge in [-0.1, -0.05) is 0 Å². The summed E-state index contributed by atoms with van der Waals surface area (Å²) < 4.78 is 18.4. The predicted molar refractivity (Wildman–Crippen MR) is 40.8 cm³/mol. The Bertz CT molecular complexity index is 114. The van der Waals surface area contributed by atoms with Gasteiger partial charge < -0.3 is 0 Å². The molecule has 0 aromatic carbocycles. The SMILES string of the molecule is O=P(Cl)(Cl)Cl.O=[P+](O)Cl. The quantitative estimate of drug-likeness (QED) is 0.669. The first-order valence-corrected chi connectivity index (χ1v) is 7.78. The van der Waals surface area contributed by atoms with Crippen LogP contribution < -0.4 is 0 Å². The van der Waals surface area contributed by atoms with Crippen LogP contribution in [0.2, 0.25) is 0 Å². The van der Waals surface area contributed by atoms with Gasteiger partial charge >= 0.3 is 12.6 Å². The summed E-state index contributed by atoms with van der Waals surface area (Å²) in [6.07, 6.45) is 0. The Morgan fingerprint density at radius 1 is 1.33 bits per heavy atom. The first kappa shape index (κ1) is 13.1. The highest BCUT2D eigenvalue weighted by Crippen LogP contribution is 2.61. The minimum absolute atomic E-state index is 2.40. The number of hydrogen-bond donors (Lipinski definition) is 1. The van der Waals surface area contributed by atoms with Gasteiger partial charge in [-0.2, -0.15) is 0 Å². The molecule has 0 aromatic rings. The first-order valence-electron chi connectivity index (χ1n) is 1.24. The molecule has 0 amide bonds. The maximum atomic E-state index is 9.51. The summed E-state index contributed by atoms with van der Waals surface area (Å²) in [6, 6.07) is 0. The van der Waals surface area contributed by atoms with E-state index in [1.165, 1.54) is 0 Å². The van der Waals surface area contributed by atoms with E-state index in [4.69, 9.17) is 9.46 Å². The van der Waals surface area contributed by atoms with Crippen molar-refractivity contribution in [3.05, 3.63) is 0 Å². The fraction of sp³-hybridized carbons (Fsp3) is 0. The third-order valence-corrected chi connectivity index (χ3v) is 0. The summed E-state index contributed by atoms with van der Waals surface area (Å²) in [5.41, 5.74) is 0. The Morgan fingerprint density at radius 3 is 1.33 bits per heavy atom. The van der Waals surface area contributed by atoms with Crippen LogP contribution in [-0.2, 0) is 9.13 Å². The average molecular weight is 253 g/mol. The summed E-state index contributed by atoms with van der Waals surface area (Å²) in [7, 11) is -2.40. The zero-order valence-corrected chi connectivity index (χ0v) is 8.48. The van der Waals surface area contributed by atoms with Gasteiger partial charge in [0, 0.05) is 0 Å². The van der Waals surface area contributed by atoms with Gasteiger partial charge in [0.2, 0.25) is 11.2 Å². The maximum Gasteiger partial charge on any atom is 0.631 e. The Hall–Kier alpha value is 1.45. The van der Waals surface area contributed by atoms with Crippen molar-refractivity contribution in [3.8, 4) is 0 Å². The molecule has 0 saturated carbocycles. The van der Waals surface area contributed by atoms with Gasteiger partial charge in [0.1, 0.15) is 0 Å². The lowest BCUT2D eigenvalue weighted by Gasteiger charge is -1.74. The molecule has 0 spiro atoms. The molecule has 3 nitrogen and oxygen atoms in total. The van der Waals surface area contributed by atoms with Gasteiger partial charge in [-0.05, 0) is 38.3 Å². The molecule has 9 heteroatoms. The van der Waals surface area contributed by atoms with Crippen molar-refractivity contribution < 1.29 is 14.0 Å². The van der Waals surface area contributed by atoms with Gasteiger partial charge in [-0.15, -0.1) is 4.89 Å². The molecule has 0 aliphatic carbocycles. The van der Waals surface area contributed by atoms with Crippen LogP contribution in [0.3, 0.4) is 0 Å². The predicted octanol–water partition coefficient (Wildman–Crippen LogP) is 3.69. The van der Waals surface area contributed by atoms with Gasteiger partial charge in [-0.25, -0.2) is 0 Å². The smallest absolute Gasteiger partial charge is 0.271 e. The largest absolute Gasteiger partial charge is 0.631 e. The van der Waals surface area contributed by atoms with Crippen molar-refractivity contribution in [2.24, 2.45) is 0 Å². The second kappa shape index (κ2) is 6.18. The molecule has 9 heavy (non-hydrogen) atoms. The standard InChI is InChI=1S/Cl3OP.ClO2P/c1-5(2,3)4;1-4(2)3/p+1. The van der Waals surface area contributed by atoms with Crippen LogP contribution in [0.4, 0.5) is 0 Å². The van der Waals surface area contributed by atoms with E-state index in [0.29, 0.717) is 0 Å². The topological polar surface area (TPSA) is 54.4 Å². The molecule has 0 heterocycles. The van der Waals surface area contributed by atoms with E-state index in [-0.39, 0.29) is 0 Å². The third kappa shape index (κ3) is 249. The van der Waals surface area contributed by atoms with Crippen molar-refractivity contribution in [3.63, 3.8) is 0 Å². The molecule has 0 radical (unpaired) electrons. The van der Waals surface area contributed by atoms with E-state index >= 15 is 0 Å². The molecule has 0 aliphatic heterocycles. The lowest BCUT2D eigenvalue weighted by Crippen LogP contribution is -1.21. The molecule has 0 aromatic heterocycles. The molecule has 0 rings (SSSR count). The molecule has 1 atom stereocenters. The maximum absolute atomic E-state index is 9.51. The number of rotatable bonds is 0. The number of halogens is 4. The zero-order chi connectivity index (χ0) is 8.08. The van der Waals surface area contributed by atoms with Crippen molar-refractivity contribution in [2.45, 2.75) is 0 Å². The normalized spacial score (nSPS) is 11.4. The van der Waals surface area contributed by atoms with E-state index < -0.39 is 12.6 Å². The molecular weight excluding hydrogens is 252 g/mol.